The molecule has 0 aromatic heterocycles. The minimum Gasteiger partial charge on any atom is -0.378 e. The molecule has 8 heteroatoms. The normalized spacial score (nSPS) is 19.6. The third-order valence-corrected chi connectivity index (χ3v) is 5.31. The number of ether oxygens (including phenoxy) is 1. The van der Waals surface area contributed by atoms with Crippen molar-refractivity contribution in [1.82, 2.24) is 15.1 Å². The Labute approximate surface area is 173 Å². The summed E-state index contributed by atoms with van der Waals surface area (Å²) in [5.41, 5.74) is 1.89. The Morgan fingerprint density at radius 2 is 1.83 bits per heavy atom. The third-order valence-electron chi connectivity index (χ3n) is 5.31. The largest absolute Gasteiger partial charge is 0.378 e. The van der Waals surface area contributed by atoms with E-state index in [9.17, 15) is 18.8 Å². The third kappa shape index (κ3) is 4.33. The van der Waals surface area contributed by atoms with E-state index in [1.807, 2.05) is 0 Å². The molecule has 4 rings (SSSR count). The Hall–Kier alpha value is -3.26. The molecule has 0 radical (unpaired) electrons. The number of benzene rings is 2. The SMILES string of the molecule is O=C(c1cccc(CN2C(=O)CC(c3ccc(F)cc3)NC2=O)c1)N1CCOCC1. The number of carbonyl (C=O) groups is 3. The Balaban J connectivity index is 1.44. The first-order valence-corrected chi connectivity index (χ1v) is 9.83. The molecule has 2 fully saturated rings. The van der Waals surface area contributed by atoms with E-state index in [0.717, 1.165) is 4.90 Å². The molecular formula is C22H22FN3O4. The topological polar surface area (TPSA) is 79.0 Å². The maximum atomic E-state index is 13.1. The van der Waals surface area contributed by atoms with Crippen molar-refractivity contribution in [2.24, 2.45) is 0 Å². The number of hydrogen-bond donors (Lipinski definition) is 1. The summed E-state index contributed by atoms with van der Waals surface area (Å²) in [6.45, 7) is 2.19. The highest BCUT2D eigenvalue weighted by molar-refractivity contribution is 5.97. The maximum absolute atomic E-state index is 13.1. The van der Waals surface area contributed by atoms with Gasteiger partial charge < -0.3 is 15.0 Å². The standard InChI is InChI=1S/C22H22FN3O4/c23-18-6-4-16(5-7-18)19-13-20(27)26(22(29)24-19)14-15-2-1-3-17(12-15)21(28)25-8-10-30-11-9-25/h1-7,12,19H,8-11,13-14H2,(H,24,29). The second-order valence-corrected chi connectivity index (χ2v) is 7.34. The van der Waals surface area contributed by atoms with Crippen LogP contribution in [0.1, 0.15) is 33.9 Å². The summed E-state index contributed by atoms with van der Waals surface area (Å²) >= 11 is 0. The van der Waals surface area contributed by atoms with Gasteiger partial charge in [0.15, 0.2) is 0 Å². The molecule has 30 heavy (non-hydrogen) atoms. The highest BCUT2D eigenvalue weighted by Crippen LogP contribution is 2.24. The number of nitrogens with one attached hydrogen (secondary N) is 1. The summed E-state index contributed by atoms with van der Waals surface area (Å²) < 4.78 is 18.4. The fourth-order valence-corrected chi connectivity index (χ4v) is 3.67. The molecule has 2 saturated heterocycles. The van der Waals surface area contributed by atoms with Crippen LogP contribution in [0.4, 0.5) is 9.18 Å². The lowest BCUT2D eigenvalue weighted by Gasteiger charge is -2.31. The molecule has 2 heterocycles. The molecule has 2 aromatic rings. The Bertz CT molecular complexity index is 939. The number of urea groups is 1. The molecule has 0 saturated carbocycles. The Morgan fingerprint density at radius 1 is 1.10 bits per heavy atom. The van der Waals surface area contributed by atoms with Crippen LogP contribution in [0.5, 0.6) is 0 Å². The van der Waals surface area contributed by atoms with Gasteiger partial charge in [-0.15, -0.1) is 0 Å². The van der Waals surface area contributed by atoms with Crippen LogP contribution in [-0.4, -0.2) is 53.9 Å². The molecule has 2 aliphatic heterocycles. The minimum absolute atomic E-state index is 0.0744. The smallest absolute Gasteiger partial charge is 0.324 e. The monoisotopic (exact) mass is 411 g/mol. The van der Waals surface area contributed by atoms with Gasteiger partial charge >= 0.3 is 6.03 Å². The van der Waals surface area contributed by atoms with Crippen molar-refractivity contribution in [3.63, 3.8) is 0 Å². The van der Waals surface area contributed by atoms with Crippen molar-refractivity contribution >= 4 is 17.8 Å². The van der Waals surface area contributed by atoms with Crippen molar-refractivity contribution in [3.05, 3.63) is 71.0 Å². The van der Waals surface area contributed by atoms with Crippen molar-refractivity contribution in [1.29, 1.82) is 0 Å². The van der Waals surface area contributed by atoms with E-state index in [1.54, 1.807) is 41.3 Å². The first kappa shape index (κ1) is 20.0. The van der Waals surface area contributed by atoms with E-state index in [1.165, 1.54) is 12.1 Å². The predicted molar refractivity (Wildman–Crippen MR) is 106 cm³/mol. The van der Waals surface area contributed by atoms with Crippen molar-refractivity contribution in [2.45, 2.75) is 19.0 Å². The van der Waals surface area contributed by atoms with Crippen LogP contribution in [0.3, 0.4) is 0 Å². The fourth-order valence-electron chi connectivity index (χ4n) is 3.67. The molecule has 0 aliphatic carbocycles. The minimum atomic E-state index is -0.509. The number of amides is 4. The zero-order valence-corrected chi connectivity index (χ0v) is 16.3. The summed E-state index contributed by atoms with van der Waals surface area (Å²) in [5.74, 6) is -0.788. The highest BCUT2D eigenvalue weighted by atomic mass is 19.1. The van der Waals surface area contributed by atoms with E-state index >= 15 is 0 Å². The molecule has 156 valence electrons. The van der Waals surface area contributed by atoms with E-state index in [-0.39, 0.29) is 30.6 Å². The molecule has 2 aliphatic rings. The average molecular weight is 411 g/mol. The highest BCUT2D eigenvalue weighted by Gasteiger charge is 2.33. The van der Waals surface area contributed by atoms with Crippen LogP contribution in [0.2, 0.25) is 0 Å². The molecule has 2 aromatic carbocycles. The fraction of sp³-hybridized carbons (Fsp3) is 0.318. The maximum Gasteiger partial charge on any atom is 0.324 e. The van der Waals surface area contributed by atoms with Gasteiger partial charge in [0, 0.05) is 18.7 Å². The molecule has 4 amide bonds. The van der Waals surface area contributed by atoms with E-state index in [4.69, 9.17) is 4.74 Å². The number of hydrogen-bond acceptors (Lipinski definition) is 4. The van der Waals surface area contributed by atoms with Gasteiger partial charge in [-0.25, -0.2) is 9.18 Å². The van der Waals surface area contributed by atoms with Gasteiger partial charge in [0.2, 0.25) is 5.91 Å². The van der Waals surface area contributed by atoms with Gasteiger partial charge in [0.05, 0.1) is 32.2 Å². The van der Waals surface area contributed by atoms with Gasteiger partial charge in [0.1, 0.15) is 5.82 Å². The molecule has 1 atom stereocenters. The second kappa shape index (κ2) is 8.62. The average Bonchev–Trinajstić information content (AvgIpc) is 2.77. The number of morpholine rings is 1. The number of nitrogens with zero attached hydrogens (tertiary/aromatic N) is 2. The van der Waals surface area contributed by atoms with E-state index in [0.29, 0.717) is 43.0 Å². The number of halogens is 1. The van der Waals surface area contributed by atoms with Crippen LogP contribution in [0.25, 0.3) is 0 Å². The van der Waals surface area contributed by atoms with Gasteiger partial charge in [-0.2, -0.15) is 0 Å². The lowest BCUT2D eigenvalue weighted by atomic mass is 10.0. The molecule has 0 bridgehead atoms. The van der Waals surface area contributed by atoms with Crippen LogP contribution in [-0.2, 0) is 16.1 Å². The summed E-state index contributed by atoms with van der Waals surface area (Å²) in [7, 11) is 0. The summed E-state index contributed by atoms with van der Waals surface area (Å²) in [5, 5.41) is 2.80. The molecule has 1 unspecified atom stereocenters. The van der Waals surface area contributed by atoms with Gasteiger partial charge in [-0.1, -0.05) is 24.3 Å². The van der Waals surface area contributed by atoms with Gasteiger partial charge in [-0.05, 0) is 35.4 Å². The first-order valence-electron chi connectivity index (χ1n) is 9.83. The number of imide groups is 1. The van der Waals surface area contributed by atoms with Crippen LogP contribution < -0.4 is 5.32 Å². The first-order chi connectivity index (χ1) is 14.5. The molecule has 7 nitrogen and oxygen atoms in total. The van der Waals surface area contributed by atoms with Crippen LogP contribution in [0, 0.1) is 5.82 Å². The summed E-state index contributed by atoms with van der Waals surface area (Å²) in [6, 6.07) is 11.7. The van der Waals surface area contributed by atoms with Gasteiger partial charge in [-0.3, -0.25) is 14.5 Å². The predicted octanol–water partition coefficient (Wildman–Crippen LogP) is 2.48. The zero-order chi connectivity index (χ0) is 21.1. The molecule has 1 N–H and O–H groups in total. The van der Waals surface area contributed by atoms with E-state index < -0.39 is 12.1 Å². The quantitative estimate of drug-likeness (QED) is 0.839. The molecule has 0 spiro atoms. The van der Waals surface area contributed by atoms with Crippen LogP contribution in [0.15, 0.2) is 48.5 Å². The number of rotatable bonds is 4. The number of carbonyl (C=O) groups excluding carboxylic acids is 3. The van der Waals surface area contributed by atoms with Crippen molar-refractivity contribution in [2.75, 3.05) is 26.3 Å². The zero-order valence-electron chi connectivity index (χ0n) is 16.3. The van der Waals surface area contributed by atoms with E-state index in [2.05, 4.69) is 5.32 Å². The summed E-state index contributed by atoms with van der Waals surface area (Å²) in [6.07, 6.45) is 0.0871. The Kier molecular flexibility index (Phi) is 5.76. The Morgan fingerprint density at radius 3 is 2.53 bits per heavy atom. The lowest BCUT2D eigenvalue weighted by molar-refractivity contribution is -0.130. The second-order valence-electron chi connectivity index (χ2n) is 7.34. The van der Waals surface area contributed by atoms with Gasteiger partial charge in [0.25, 0.3) is 5.91 Å². The molecular weight excluding hydrogens is 389 g/mol. The summed E-state index contributed by atoms with van der Waals surface area (Å²) in [4.78, 5) is 40.7. The van der Waals surface area contributed by atoms with Crippen molar-refractivity contribution in [3.8, 4) is 0 Å². The lowest BCUT2D eigenvalue weighted by Crippen LogP contribution is -2.50. The van der Waals surface area contributed by atoms with Crippen molar-refractivity contribution < 1.29 is 23.5 Å². The van der Waals surface area contributed by atoms with Crippen LogP contribution >= 0.6 is 0 Å².